The Kier molecular flexibility index (Phi) is 5.53. The van der Waals surface area contributed by atoms with E-state index in [1.807, 2.05) is 11.3 Å². The van der Waals surface area contributed by atoms with Crippen molar-refractivity contribution in [2.75, 3.05) is 6.54 Å². The molecule has 2 rings (SSSR count). The summed E-state index contributed by atoms with van der Waals surface area (Å²) in [7, 11) is 0. The van der Waals surface area contributed by atoms with Gasteiger partial charge in [0.25, 0.3) is 0 Å². The van der Waals surface area contributed by atoms with Crippen molar-refractivity contribution >= 4 is 11.3 Å². The molecule has 1 aromatic heterocycles. The maximum absolute atomic E-state index is 3.71. The molecule has 1 aromatic rings. The maximum Gasteiger partial charge on any atom is 0.0412 e. The van der Waals surface area contributed by atoms with Crippen molar-refractivity contribution in [1.82, 2.24) is 5.32 Å². The molecular formula is C15H25NS. The summed E-state index contributed by atoms with van der Waals surface area (Å²) in [6.07, 6.45) is 9.92. The molecule has 0 radical (unpaired) electrons. The van der Waals surface area contributed by atoms with Crippen LogP contribution in [0.3, 0.4) is 0 Å². The Morgan fingerprint density at radius 3 is 2.88 bits per heavy atom. The smallest absolute Gasteiger partial charge is 0.0412 e. The molecule has 0 spiro atoms. The van der Waals surface area contributed by atoms with E-state index < -0.39 is 0 Å². The van der Waals surface area contributed by atoms with Crippen LogP contribution in [0.25, 0.3) is 0 Å². The lowest BCUT2D eigenvalue weighted by Crippen LogP contribution is -2.21. The average molecular weight is 251 g/mol. The first kappa shape index (κ1) is 13.1. The molecule has 96 valence electrons. The predicted octanol–water partition coefficient (Wildman–Crippen LogP) is 4.76. The van der Waals surface area contributed by atoms with E-state index in [0.717, 1.165) is 5.92 Å². The molecule has 1 unspecified atom stereocenters. The van der Waals surface area contributed by atoms with Crippen LogP contribution in [0.4, 0.5) is 0 Å². The monoisotopic (exact) mass is 251 g/mol. The molecular weight excluding hydrogens is 226 g/mol. The fourth-order valence-corrected chi connectivity index (χ4v) is 3.79. The Morgan fingerprint density at radius 2 is 2.24 bits per heavy atom. The molecule has 1 aliphatic rings. The van der Waals surface area contributed by atoms with E-state index in [1.54, 1.807) is 0 Å². The van der Waals surface area contributed by atoms with Crippen LogP contribution in [0.1, 0.15) is 62.8 Å². The van der Waals surface area contributed by atoms with Gasteiger partial charge >= 0.3 is 0 Å². The highest BCUT2D eigenvalue weighted by atomic mass is 32.1. The van der Waals surface area contributed by atoms with Gasteiger partial charge in [-0.1, -0.05) is 38.7 Å². The predicted molar refractivity (Wildman–Crippen MR) is 76.5 cm³/mol. The third-order valence-corrected chi connectivity index (χ3v) is 4.94. The minimum Gasteiger partial charge on any atom is -0.309 e. The zero-order valence-electron chi connectivity index (χ0n) is 11.0. The summed E-state index contributed by atoms with van der Waals surface area (Å²) in [6.45, 7) is 3.46. The van der Waals surface area contributed by atoms with E-state index in [9.17, 15) is 0 Å². The van der Waals surface area contributed by atoms with Gasteiger partial charge in [-0.25, -0.2) is 0 Å². The Bertz CT molecular complexity index is 288. The van der Waals surface area contributed by atoms with E-state index in [1.165, 1.54) is 56.4 Å². The van der Waals surface area contributed by atoms with Gasteiger partial charge in [0.2, 0.25) is 0 Å². The number of nitrogens with one attached hydrogen (secondary N) is 1. The van der Waals surface area contributed by atoms with Gasteiger partial charge in [-0.3, -0.25) is 0 Å². The maximum atomic E-state index is 3.71. The first-order valence-corrected chi connectivity index (χ1v) is 8.05. The lowest BCUT2D eigenvalue weighted by Gasteiger charge is -2.16. The molecule has 0 saturated heterocycles. The number of hydrogen-bond donors (Lipinski definition) is 1. The topological polar surface area (TPSA) is 12.0 Å². The molecule has 0 amide bonds. The van der Waals surface area contributed by atoms with Crippen molar-refractivity contribution in [3.8, 4) is 0 Å². The molecule has 0 bridgehead atoms. The van der Waals surface area contributed by atoms with Crippen LogP contribution in [0, 0.1) is 5.92 Å². The number of thiophene rings is 1. The first-order chi connectivity index (χ1) is 8.40. The average Bonchev–Trinajstić information content (AvgIpc) is 3.01. The summed E-state index contributed by atoms with van der Waals surface area (Å²) in [5, 5.41) is 5.88. The van der Waals surface area contributed by atoms with Crippen LogP contribution in [-0.2, 0) is 0 Å². The number of hydrogen-bond acceptors (Lipinski definition) is 2. The summed E-state index contributed by atoms with van der Waals surface area (Å²) in [6, 6.07) is 4.99. The lowest BCUT2D eigenvalue weighted by atomic mass is 10.0. The standard InChI is InChI=1S/C15H25NS/c1-2-14(15-10-6-12-17-15)16-11-5-9-13-7-3-4-8-13/h6,10,12-14,16H,2-5,7-9,11H2,1H3. The summed E-state index contributed by atoms with van der Waals surface area (Å²) in [5.41, 5.74) is 0. The SMILES string of the molecule is CCC(NCCCC1CCCC1)c1cccs1. The third-order valence-electron chi connectivity index (χ3n) is 3.95. The van der Waals surface area contributed by atoms with Gasteiger partial charge in [0, 0.05) is 10.9 Å². The summed E-state index contributed by atoms with van der Waals surface area (Å²) in [4.78, 5) is 1.49. The highest BCUT2D eigenvalue weighted by molar-refractivity contribution is 7.10. The number of rotatable bonds is 7. The Balaban J connectivity index is 1.63. The van der Waals surface area contributed by atoms with Gasteiger partial charge in [-0.05, 0) is 43.2 Å². The highest BCUT2D eigenvalue weighted by Gasteiger charge is 2.14. The molecule has 17 heavy (non-hydrogen) atoms. The Hall–Kier alpha value is -0.340. The zero-order valence-corrected chi connectivity index (χ0v) is 11.8. The molecule has 1 atom stereocenters. The van der Waals surface area contributed by atoms with E-state index in [-0.39, 0.29) is 0 Å². The van der Waals surface area contributed by atoms with E-state index in [0.29, 0.717) is 6.04 Å². The third kappa shape index (κ3) is 4.11. The van der Waals surface area contributed by atoms with E-state index in [2.05, 4.69) is 29.8 Å². The minimum absolute atomic E-state index is 0.582. The summed E-state index contributed by atoms with van der Waals surface area (Å²) >= 11 is 1.88. The molecule has 1 saturated carbocycles. The van der Waals surface area contributed by atoms with Gasteiger partial charge in [0.05, 0.1) is 0 Å². The van der Waals surface area contributed by atoms with Crippen LogP contribution < -0.4 is 5.32 Å². The van der Waals surface area contributed by atoms with Crippen molar-refractivity contribution in [2.45, 2.75) is 57.9 Å². The second-order valence-corrected chi connectivity index (χ2v) is 6.20. The summed E-state index contributed by atoms with van der Waals surface area (Å²) in [5.74, 6) is 1.04. The fraction of sp³-hybridized carbons (Fsp3) is 0.733. The molecule has 1 fully saturated rings. The first-order valence-electron chi connectivity index (χ1n) is 7.17. The molecule has 1 nitrogen and oxygen atoms in total. The Morgan fingerprint density at radius 1 is 1.41 bits per heavy atom. The van der Waals surface area contributed by atoms with Gasteiger partial charge in [-0.15, -0.1) is 11.3 Å². The normalized spacial score (nSPS) is 18.6. The summed E-state index contributed by atoms with van der Waals surface area (Å²) < 4.78 is 0. The van der Waals surface area contributed by atoms with Gasteiger partial charge in [-0.2, -0.15) is 0 Å². The van der Waals surface area contributed by atoms with Crippen molar-refractivity contribution in [2.24, 2.45) is 5.92 Å². The van der Waals surface area contributed by atoms with Crippen molar-refractivity contribution < 1.29 is 0 Å². The van der Waals surface area contributed by atoms with E-state index >= 15 is 0 Å². The second kappa shape index (κ2) is 7.17. The lowest BCUT2D eigenvalue weighted by molar-refractivity contribution is 0.446. The van der Waals surface area contributed by atoms with Crippen molar-refractivity contribution in [3.63, 3.8) is 0 Å². The van der Waals surface area contributed by atoms with Gasteiger partial charge in [0.15, 0.2) is 0 Å². The van der Waals surface area contributed by atoms with E-state index in [4.69, 9.17) is 0 Å². The van der Waals surface area contributed by atoms with Crippen LogP contribution in [-0.4, -0.2) is 6.54 Å². The molecule has 0 aromatic carbocycles. The van der Waals surface area contributed by atoms with Gasteiger partial charge < -0.3 is 5.32 Å². The van der Waals surface area contributed by atoms with Crippen LogP contribution in [0.5, 0.6) is 0 Å². The van der Waals surface area contributed by atoms with Crippen molar-refractivity contribution in [1.29, 1.82) is 0 Å². The molecule has 1 N–H and O–H groups in total. The second-order valence-electron chi connectivity index (χ2n) is 5.22. The quantitative estimate of drug-likeness (QED) is 0.689. The molecule has 0 aliphatic heterocycles. The van der Waals surface area contributed by atoms with Crippen LogP contribution in [0.2, 0.25) is 0 Å². The van der Waals surface area contributed by atoms with Crippen LogP contribution in [0.15, 0.2) is 17.5 Å². The van der Waals surface area contributed by atoms with Crippen molar-refractivity contribution in [3.05, 3.63) is 22.4 Å². The molecule has 1 heterocycles. The minimum atomic E-state index is 0.582. The van der Waals surface area contributed by atoms with Crippen LogP contribution >= 0.6 is 11.3 Å². The van der Waals surface area contributed by atoms with Gasteiger partial charge in [0.1, 0.15) is 0 Å². The Labute approximate surface area is 110 Å². The highest BCUT2D eigenvalue weighted by Crippen LogP contribution is 2.28. The largest absolute Gasteiger partial charge is 0.309 e. The molecule has 1 aliphatic carbocycles. The molecule has 2 heteroatoms. The zero-order chi connectivity index (χ0) is 11.9. The fourth-order valence-electron chi connectivity index (χ4n) is 2.90.